The van der Waals surface area contributed by atoms with Gasteiger partial charge in [-0.3, -0.25) is 0 Å². The van der Waals surface area contributed by atoms with Crippen LogP contribution in [0.2, 0.25) is 0 Å². The standard InChI is InChI=1S/C12H15N3O4S/c1-8-5-10(19-15-8)7-14-20(16,17)12-6-9(13)3-4-11(12)18-2/h3-6,14H,7,13H2,1-2H3. The van der Waals surface area contributed by atoms with E-state index in [1.165, 1.54) is 19.2 Å². The lowest BCUT2D eigenvalue weighted by molar-refractivity contribution is 0.376. The van der Waals surface area contributed by atoms with E-state index in [9.17, 15) is 8.42 Å². The van der Waals surface area contributed by atoms with Crippen LogP contribution < -0.4 is 15.2 Å². The third-order valence-electron chi connectivity index (χ3n) is 2.59. The molecule has 2 rings (SSSR count). The smallest absolute Gasteiger partial charge is 0.244 e. The fourth-order valence-electron chi connectivity index (χ4n) is 1.65. The third kappa shape index (κ3) is 3.09. The van der Waals surface area contributed by atoms with Gasteiger partial charge in [0.05, 0.1) is 19.3 Å². The topological polar surface area (TPSA) is 107 Å². The SMILES string of the molecule is COc1ccc(N)cc1S(=O)(=O)NCc1cc(C)no1. The molecule has 8 heteroatoms. The molecule has 1 heterocycles. The number of aryl methyl sites for hydroxylation is 1. The average molecular weight is 297 g/mol. The number of hydrogen-bond donors (Lipinski definition) is 2. The molecule has 108 valence electrons. The highest BCUT2D eigenvalue weighted by atomic mass is 32.2. The summed E-state index contributed by atoms with van der Waals surface area (Å²) in [6.45, 7) is 1.75. The maximum absolute atomic E-state index is 12.2. The predicted molar refractivity (Wildman–Crippen MR) is 72.7 cm³/mol. The number of aromatic nitrogens is 1. The Hall–Kier alpha value is -2.06. The fraction of sp³-hybridized carbons (Fsp3) is 0.250. The molecule has 0 aliphatic carbocycles. The molecule has 0 aliphatic heterocycles. The van der Waals surface area contributed by atoms with Gasteiger partial charge < -0.3 is 15.0 Å². The minimum atomic E-state index is -3.76. The van der Waals surface area contributed by atoms with Gasteiger partial charge in [-0.25, -0.2) is 13.1 Å². The summed E-state index contributed by atoms with van der Waals surface area (Å²) in [6, 6.07) is 6.06. The number of anilines is 1. The first-order valence-electron chi connectivity index (χ1n) is 5.78. The van der Waals surface area contributed by atoms with E-state index in [1.807, 2.05) is 0 Å². The highest BCUT2D eigenvalue weighted by Crippen LogP contribution is 2.25. The summed E-state index contributed by atoms with van der Waals surface area (Å²) in [7, 11) is -2.36. The molecule has 20 heavy (non-hydrogen) atoms. The molecule has 0 amide bonds. The first-order valence-corrected chi connectivity index (χ1v) is 7.26. The van der Waals surface area contributed by atoms with Crippen LogP contribution >= 0.6 is 0 Å². The average Bonchev–Trinajstić information content (AvgIpc) is 2.82. The number of nitrogens with two attached hydrogens (primary N) is 1. The minimum Gasteiger partial charge on any atom is -0.495 e. The van der Waals surface area contributed by atoms with E-state index in [2.05, 4.69) is 9.88 Å². The molecule has 0 unspecified atom stereocenters. The van der Waals surface area contributed by atoms with Crippen LogP contribution in [0.1, 0.15) is 11.5 Å². The number of nitrogens with one attached hydrogen (secondary N) is 1. The Balaban J connectivity index is 2.24. The van der Waals surface area contributed by atoms with Crippen LogP contribution in [0.25, 0.3) is 0 Å². The molecule has 0 saturated heterocycles. The Morgan fingerprint density at radius 1 is 1.40 bits per heavy atom. The van der Waals surface area contributed by atoms with Crippen molar-refractivity contribution in [2.45, 2.75) is 18.4 Å². The molecule has 1 aromatic heterocycles. The maximum Gasteiger partial charge on any atom is 0.244 e. The van der Waals surface area contributed by atoms with Gasteiger partial charge in [-0.2, -0.15) is 0 Å². The van der Waals surface area contributed by atoms with Crippen molar-refractivity contribution in [1.29, 1.82) is 0 Å². The van der Waals surface area contributed by atoms with E-state index >= 15 is 0 Å². The van der Waals surface area contributed by atoms with Gasteiger partial charge in [-0.05, 0) is 25.1 Å². The Kier molecular flexibility index (Phi) is 3.96. The zero-order valence-corrected chi connectivity index (χ0v) is 11.9. The third-order valence-corrected chi connectivity index (χ3v) is 4.01. The normalized spacial score (nSPS) is 11.5. The van der Waals surface area contributed by atoms with Crippen molar-refractivity contribution < 1.29 is 17.7 Å². The lowest BCUT2D eigenvalue weighted by Gasteiger charge is -2.10. The summed E-state index contributed by atoms with van der Waals surface area (Å²) >= 11 is 0. The number of nitrogens with zero attached hydrogens (tertiary/aromatic N) is 1. The van der Waals surface area contributed by atoms with Gasteiger partial charge in [-0.15, -0.1) is 0 Å². The number of rotatable bonds is 5. The van der Waals surface area contributed by atoms with Gasteiger partial charge in [0.25, 0.3) is 0 Å². The molecule has 0 saturated carbocycles. The van der Waals surface area contributed by atoms with E-state index in [0.29, 0.717) is 17.1 Å². The highest BCUT2D eigenvalue weighted by molar-refractivity contribution is 7.89. The van der Waals surface area contributed by atoms with Crippen LogP contribution in [0.5, 0.6) is 5.75 Å². The van der Waals surface area contributed by atoms with Gasteiger partial charge in [0.2, 0.25) is 10.0 Å². The summed E-state index contributed by atoms with van der Waals surface area (Å²) in [5, 5.41) is 3.68. The molecule has 0 spiro atoms. The monoisotopic (exact) mass is 297 g/mol. The van der Waals surface area contributed by atoms with Crippen LogP contribution in [0.4, 0.5) is 5.69 Å². The van der Waals surface area contributed by atoms with Gasteiger partial charge in [0, 0.05) is 11.8 Å². The Labute approximate surface area is 116 Å². The zero-order chi connectivity index (χ0) is 14.8. The number of nitrogen functional groups attached to an aromatic ring is 1. The van der Waals surface area contributed by atoms with Crippen LogP contribution in [0, 0.1) is 6.92 Å². The van der Waals surface area contributed by atoms with Crippen LogP contribution in [-0.2, 0) is 16.6 Å². The number of benzene rings is 1. The molecular formula is C12H15N3O4S. The van der Waals surface area contributed by atoms with E-state index in [0.717, 1.165) is 0 Å². The molecule has 1 aromatic carbocycles. The Morgan fingerprint density at radius 2 is 2.15 bits per heavy atom. The lowest BCUT2D eigenvalue weighted by Crippen LogP contribution is -2.23. The second-order valence-electron chi connectivity index (χ2n) is 4.17. The highest BCUT2D eigenvalue weighted by Gasteiger charge is 2.20. The number of methoxy groups -OCH3 is 1. The summed E-state index contributed by atoms with van der Waals surface area (Å²) in [6.07, 6.45) is 0. The lowest BCUT2D eigenvalue weighted by atomic mass is 10.3. The van der Waals surface area contributed by atoms with E-state index in [4.69, 9.17) is 15.0 Å². The van der Waals surface area contributed by atoms with Crippen LogP contribution in [0.3, 0.4) is 0 Å². The summed E-state index contributed by atoms with van der Waals surface area (Å²) < 4.78 is 36.9. The summed E-state index contributed by atoms with van der Waals surface area (Å²) in [5.74, 6) is 0.648. The van der Waals surface area contributed by atoms with E-state index in [1.54, 1.807) is 19.1 Å². The molecule has 0 aliphatic rings. The van der Waals surface area contributed by atoms with Crippen molar-refractivity contribution in [1.82, 2.24) is 9.88 Å². The molecule has 0 radical (unpaired) electrons. The Bertz CT molecular complexity index is 709. The van der Waals surface area contributed by atoms with Crippen molar-refractivity contribution in [3.05, 3.63) is 35.7 Å². The quantitative estimate of drug-likeness (QED) is 0.799. The summed E-state index contributed by atoms with van der Waals surface area (Å²) in [5.41, 5.74) is 6.63. The first-order chi connectivity index (χ1) is 9.42. The fourth-order valence-corrected chi connectivity index (χ4v) is 2.84. The van der Waals surface area contributed by atoms with E-state index < -0.39 is 10.0 Å². The van der Waals surface area contributed by atoms with E-state index in [-0.39, 0.29) is 17.2 Å². The second-order valence-corrected chi connectivity index (χ2v) is 5.90. The van der Waals surface area contributed by atoms with Gasteiger partial charge >= 0.3 is 0 Å². The number of ether oxygens (including phenoxy) is 1. The maximum atomic E-state index is 12.2. The first kappa shape index (κ1) is 14.4. The van der Waals surface area contributed by atoms with Gasteiger partial charge in [0.1, 0.15) is 10.6 Å². The van der Waals surface area contributed by atoms with Crippen molar-refractivity contribution in [2.24, 2.45) is 0 Å². The van der Waals surface area contributed by atoms with Gasteiger partial charge in [0.15, 0.2) is 5.76 Å². The van der Waals surface area contributed by atoms with Crippen LogP contribution in [0.15, 0.2) is 33.7 Å². The molecule has 3 N–H and O–H groups in total. The number of hydrogen-bond acceptors (Lipinski definition) is 6. The van der Waals surface area contributed by atoms with Gasteiger partial charge in [-0.1, -0.05) is 5.16 Å². The Morgan fingerprint density at radius 3 is 2.75 bits per heavy atom. The van der Waals surface area contributed by atoms with Crippen molar-refractivity contribution in [3.63, 3.8) is 0 Å². The van der Waals surface area contributed by atoms with Crippen molar-refractivity contribution >= 4 is 15.7 Å². The minimum absolute atomic E-state index is 0.00112. The molecular weight excluding hydrogens is 282 g/mol. The molecule has 2 aromatic rings. The zero-order valence-electron chi connectivity index (χ0n) is 11.1. The largest absolute Gasteiger partial charge is 0.495 e. The number of sulfonamides is 1. The second kappa shape index (κ2) is 5.51. The molecule has 0 fully saturated rings. The van der Waals surface area contributed by atoms with Crippen molar-refractivity contribution in [2.75, 3.05) is 12.8 Å². The molecule has 0 bridgehead atoms. The van der Waals surface area contributed by atoms with Crippen LogP contribution in [-0.4, -0.2) is 20.7 Å². The molecule has 7 nitrogen and oxygen atoms in total. The summed E-state index contributed by atoms with van der Waals surface area (Å²) in [4.78, 5) is -0.0174. The molecule has 0 atom stereocenters. The van der Waals surface area contributed by atoms with Crippen molar-refractivity contribution in [3.8, 4) is 5.75 Å². The predicted octanol–water partition coefficient (Wildman–Crippen LogP) is 1.05.